The number of fused-ring (bicyclic) bond motifs is 1. The smallest absolute Gasteiger partial charge is 0.101 e. The molecule has 0 aliphatic heterocycles. The van der Waals surface area contributed by atoms with Crippen LogP contribution in [0.25, 0.3) is 10.9 Å². The van der Waals surface area contributed by atoms with Crippen LogP contribution in [-0.2, 0) is 0 Å². The minimum atomic E-state index is 0.112. The maximum atomic E-state index is 5.50. The van der Waals surface area contributed by atoms with Crippen molar-refractivity contribution in [3.63, 3.8) is 0 Å². The number of aromatic nitrogens is 1. The summed E-state index contributed by atoms with van der Waals surface area (Å²) < 4.78 is 5.50. The first-order valence-corrected chi connectivity index (χ1v) is 7.41. The van der Waals surface area contributed by atoms with Gasteiger partial charge >= 0.3 is 0 Å². The molecule has 3 heteroatoms. The first-order chi connectivity index (χ1) is 10.3. The molecule has 3 nitrogen and oxygen atoms in total. The minimum absolute atomic E-state index is 0.112. The summed E-state index contributed by atoms with van der Waals surface area (Å²) >= 11 is 0. The van der Waals surface area contributed by atoms with E-state index in [2.05, 4.69) is 47.6 Å². The molecule has 1 unspecified atom stereocenters. The lowest BCUT2D eigenvalue weighted by atomic mass is 9.98. The Balaban J connectivity index is 2.09. The second-order valence-corrected chi connectivity index (χ2v) is 5.30. The molecule has 0 amide bonds. The van der Waals surface area contributed by atoms with Crippen LogP contribution < -0.4 is 5.32 Å². The van der Waals surface area contributed by atoms with Gasteiger partial charge in [-0.25, -0.2) is 0 Å². The zero-order valence-electron chi connectivity index (χ0n) is 12.5. The highest BCUT2D eigenvalue weighted by molar-refractivity contribution is 5.82. The molecule has 0 bridgehead atoms. The lowest BCUT2D eigenvalue weighted by molar-refractivity contribution is 0.524. The fraction of sp³-hybridized carbons (Fsp3) is 0.278. The van der Waals surface area contributed by atoms with E-state index >= 15 is 0 Å². The number of aryl methyl sites for hydroxylation is 1. The summed E-state index contributed by atoms with van der Waals surface area (Å²) in [7, 11) is 0. The Kier molecular flexibility index (Phi) is 4.02. The van der Waals surface area contributed by atoms with Crippen LogP contribution in [0.1, 0.15) is 36.3 Å². The zero-order valence-corrected chi connectivity index (χ0v) is 12.5. The number of furan rings is 1. The van der Waals surface area contributed by atoms with Gasteiger partial charge in [0, 0.05) is 17.1 Å². The number of pyridine rings is 1. The highest BCUT2D eigenvalue weighted by Gasteiger charge is 2.18. The molecule has 108 valence electrons. The molecular weight excluding hydrogens is 260 g/mol. The van der Waals surface area contributed by atoms with E-state index in [4.69, 9.17) is 4.42 Å². The quantitative estimate of drug-likeness (QED) is 0.760. The number of hydrogen-bond donors (Lipinski definition) is 1. The Morgan fingerprint density at radius 2 is 2.10 bits per heavy atom. The highest BCUT2D eigenvalue weighted by atomic mass is 16.3. The van der Waals surface area contributed by atoms with Gasteiger partial charge in [-0.05, 0) is 37.6 Å². The standard InChI is InChI=1S/C18H20N2O/c1-3-9-19-18(15-11-13(2)21-12-15)16-8-4-6-14-7-5-10-20-17(14)16/h4-8,10-12,18-19H,3,9H2,1-2H3. The number of nitrogens with zero attached hydrogens (tertiary/aromatic N) is 1. The molecule has 0 spiro atoms. The molecule has 0 fully saturated rings. The number of benzene rings is 1. The molecule has 3 rings (SSSR count). The van der Waals surface area contributed by atoms with E-state index in [1.54, 1.807) is 0 Å². The topological polar surface area (TPSA) is 38.1 Å². The van der Waals surface area contributed by atoms with Crippen molar-refractivity contribution in [2.24, 2.45) is 0 Å². The predicted octanol–water partition coefficient (Wildman–Crippen LogP) is 4.23. The van der Waals surface area contributed by atoms with Crippen molar-refractivity contribution in [3.05, 3.63) is 65.7 Å². The summed E-state index contributed by atoms with van der Waals surface area (Å²) in [4.78, 5) is 4.57. The fourth-order valence-corrected chi connectivity index (χ4v) is 2.67. The molecule has 1 aromatic carbocycles. The highest BCUT2D eigenvalue weighted by Crippen LogP contribution is 2.28. The van der Waals surface area contributed by atoms with Gasteiger partial charge in [0.15, 0.2) is 0 Å². The average molecular weight is 280 g/mol. The van der Waals surface area contributed by atoms with Crippen molar-refractivity contribution in [2.75, 3.05) is 6.54 Å². The SMILES string of the molecule is CCCNC(c1coc(C)c1)c1cccc2cccnc12. The second-order valence-electron chi connectivity index (χ2n) is 5.30. The zero-order chi connectivity index (χ0) is 14.7. The van der Waals surface area contributed by atoms with Gasteiger partial charge < -0.3 is 9.73 Å². The van der Waals surface area contributed by atoms with Gasteiger partial charge in [0.2, 0.25) is 0 Å². The normalized spacial score (nSPS) is 12.7. The van der Waals surface area contributed by atoms with Crippen LogP contribution in [0.15, 0.2) is 53.3 Å². The van der Waals surface area contributed by atoms with E-state index in [-0.39, 0.29) is 6.04 Å². The minimum Gasteiger partial charge on any atom is -0.469 e. The Morgan fingerprint density at radius 3 is 2.86 bits per heavy atom. The molecule has 0 saturated carbocycles. The first kappa shape index (κ1) is 13.8. The van der Waals surface area contributed by atoms with Gasteiger partial charge in [-0.15, -0.1) is 0 Å². The van der Waals surface area contributed by atoms with E-state index in [1.165, 1.54) is 10.9 Å². The third-order valence-corrected chi connectivity index (χ3v) is 3.66. The molecule has 3 aromatic rings. The van der Waals surface area contributed by atoms with Crippen LogP contribution in [0.2, 0.25) is 0 Å². The predicted molar refractivity (Wildman–Crippen MR) is 85.3 cm³/mol. The molecule has 21 heavy (non-hydrogen) atoms. The van der Waals surface area contributed by atoms with Crippen molar-refractivity contribution in [3.8, 4) is 0 Å². The van der Waals surface area contributed by atoms with Crippen molar-refractivity contribution >= 4 is 10.9 Å². The fourth-order valence-electron chi connectivity index (χ4n) is 2.67. The van der Waals surface area contributed by atoms with Crippen molar-refractivity contribution in [1.29, 1.82) is 0 Å². The molecule has 0 saturated heterocycles. The molecular formula is C18H20N2O. The third kappa shape index (κ3) is 2.83. The lowest BCUT2D eigenvalue weighted by Crippen LogP contribution is -2.23. The Bertz CT molecular complexity index is 727. The number of hydrogen-bond acceptors (Lipinski definition) is 3. The van der Waals surface area contributed by atoms with Crippen LogP contribution >= 0.6 is 0 Å². The van der Waals surface area contributed by atoms with E-state index in [1.807, 2.05) is 25.5 Å². The van der Waals surface area contributed by atoms with Crippen LogP contribution in [0, 0.1) is 6.92 Å². The molecule has 2 aromatic heterocycles. The maximum Gasteiger partial charge on any atom is 0.101 e. The summed E-state index contributed by atoms with van der Waals surface area (Å²) in [6, 6.07) is 12.6. The maximum absolute atomic E-state index is 5.50. The second kappa shape index (κ2) is 6.10. The Labute approximate surface area is 125 Å². The summed E-state index contributed by atoms with van der Waals surface area (Å²) in [5.41, 5.74) is 3.40. The Hall–Kier alpha value is -2.13. The van der Waals surface area contributed by atoms with Gasteiger partial charge in [-0.1, -0.05) is 31.2 Å². The molecule has 1 N–H and O–H groups in total. The van der Waals surface area contributed by atoms with Gasteiger partial charge in [0.05, 0.1) is 17.8 Å². The van der Waals surface area contributed by atoms with E-state index < -0.39 is 0 Å². The monoisotopic (exact) mass is 280 g/mol. The van der Waals surface area contributed by atoms with Crippen LogP contribution in [-0.4, -0.2) is 11.5 Å². The van der Waals surface area contributed by atoms with Crippen molar-refractivity contribution < 1.29 is 4.42 Å². The van der Waals surface area contributed by atoms with Gasteiger partial charge in [-0.2, -0.15) is 0 Å². The molecule has 0 radical (unpaired) electrons. The number of para-hydroxylation sites is 1. The lowest BCUT2D eigenvalue weighted by Gasteiger charge is -2.19. The Morgan fingerprint density at radius 1 is 1.24 bits per heavy atom. The van der Waals surface area contributed by atoms with Crippen molar-refractivity contribution in [2.45, 2.75) is 26.3 Å². The largest absolute Gasteiger partial charge is 0.469 e. The molecule has 1 atom stereocenters. The molecule has 0 aliphatic rings. The summed E-state index contributed by atoms with van der Waals surface area (Å²) in [6.45, 7) is 5.10. The molecule has 2 heterocycles. The van der Waals surface area contributed by atoms with E-state index in [9.17, 15) is 0 Å². The summed E-state index contributed by atoms with van der Waals surface area (Å²) in [5.74, 6) is 0.932. The molecule has 0 aliphatic carbocycles. The van der Waals surface area contributed by atoms with Crippen LogP contribution in [0.4, 0.5) is 0 Å². The van der Waals surface area contributed by atoms with E-state index in [0.717, 1.165) is 29.8 Å². The van der Waals surface area contributed by atoms with E-state index in [0.29, 0.717) is 0 Å². The third-order valence-electron chi connectivity index (χ3n) is 3.66. The van der Waals surface area contributed by atoms with Gasteiger partial charge in [0.25, 0.3) is 0 Å². The number of rotatable bonds is 5. The summed E-state index contributed by atoms with van der Waals surface area (Å²) in [5, 5.41) is 4.77. The number of nitrogens with one attached hydrogen (secondary N) is 1. The van der Waals surface area contributed by atoms with Gasteiger partial charge in [-0.3, -0.25) is 4.98 Å². The van der Waals surface area contributed by atoms with Gasteiger partial charge in [0.1, 0.15) is 5.76 Å². The average Bonchev–Trinajstić information content (AvgIpc) is 2.94. The van der Waals surface area contributed by atoms with Crippen LogP contribution in [0.3, 0.4) is 0 Å². The van der Waals surface area contributed by atoms with Crippen molar-refractivity contribution in [1.82, 2.24) is 10.3 Å². The summed E-state index contributed by atoms with van der Waals surface area (Å²) in [6.07, 6.45) is 4.78. The van der Waals surface area contributed by atoms with Crippen LogP contribution in [0.5, 0.6) is 0 Å². The first-order valence-electron chi connectivity index (χ1n) is 7.41.